The minimum Gasteiger partial charge on any atom is -0.480 e. The molecule has 2 N–H and O–H groups in total. The van der Waals surface area contributed by atoms with E-state index in [9.17, 15) is 25.0 Å². The molecular formula is C10H13N3O6S. The molecule has 0 aliphatic carbocycles. The number of anilines is 1. The molecule has 0 radical (unpaired) electrons. The number of carboxylic acids is 1. The van der Waals surface area contributed by atoms with Crippen LogP contribution in [0.5, 0.6) is 0 Å². The van der Waals surface area contributed by atoms with Gasteiger partial charge in [-0.2, -0.15) is 0 Å². The van der Waals surface area contributed by atoms with Gasteiger partial charge >= 0.3 is 16.7 Å². The van der Waals surface area contributed by atoms with E-state index >= 15 is 0 Å². The third-order valence-electron chi connectivity index (χ3n) is 2.39. The van der Waals surface area contributed by atoms with Gasteiger partial charge < -0.3 is 10.4 Å². The molecule has 20 heavy (non-hydrogen) atoms. The predicted molar refractivity (Wildman–Crippen MR) is 72.1 cm³/mol. The Morgan fingerprint density at radius 2 is 2.00 bits per heavy atom. The van der Waals surface area contributed by atoms with Gasteiger partial charge in [0.05, 0.1) is 9.85 Å². The minimum atomic E-state index is -1.16. The molecule has 1 heterocycles. The molecule has 1 atom stereocenters. The Labute approximate surface area is 117 Å². The Balaban J connectivity index is 3.07. The van der Waals surface area contributed by atoms with Crippen LogP contribution in [0.1, 0.15) is 20.3 Å². The molecule has 1 aromatic heterocycles. The summed E-state index contributed by atoms with van der Waals surface area (Å²) < 4.78 is 0. The Morgan fingerprint density at radius 3 is 2.40 bits per heavy atom. The molecule has 10 heteroatoms. The molecule has 0 aromatic carbocycles. The van der Waals surface area contributed by atoms with Crippen LogP contribution in [0.25, 0.3) is 0 Å². The molecule has 1 unspecified atom stereocenters. The number of thiophene rings is 1. The number of nitro groups is 2. The van der Waals surface area contributed by atoms with E-state index < -0.39 is 32.5 Å². The van der Waals surface area contributed by atoms with Gasteiger partial charge in [0.2, 0.25) is 0 Å². The van der Waals surface area contributed by atoms with Gasteiger partial charge in [-0.25, -0.2) is 4.79 Å². The maximum atomic E-state index is 11.1. The first-order valence-electron chi connectivity index (χ1n) is 5.64. The van der Waals surface area contributed by atoms with Crippen LogP contribution in [0.4, 0.5) is 15.7 Å². The maximum absolute atomic E-state index is 11.1. The summed E-state index contributed by atoms with van der Waals surface area (Å²) in [6.07, 6.45) is 0.248. The van der Waals surface area contributed by atoms with Gasteiger partial charge in [0.1, 0.15) is 12.1 Å². The third kappa shape index (κ3) is 3.88. The van der Waals surface area contributed by atoms with Crippen LogP contribution in [0.3, 0.4) is 0 Å². The largest absolute Gasteiger partial charge is 0.480 e. The number of aliphatic carboxylic acids is 1. The molecule has 1 rings (SSSR count). The molecule has 1 aromatic rings. The molecular weight excluding hydrogens is 290 g/mol. The second-order valence-electron chi connectivity index (χ2n) is 4.48. The highest BCUT2D eigenvalue weighted by atomic mass is 32.1. The zero-order valence-corrected chi connectivity index (χ0v) is 11.5. The Morgan fingerprint density at radius 1 is 1.40 bits per heavy atom. The standard InChI is InChI=1S/C10H13N3O6S/c1-5(2)3-6(10(14)15)11-9-7(12(16)17)4-8(20-9)13(18)19/h4-6,11H,3H2,1-2H3,(H,14,15). The maximum Gasteiger partial charge on any atom is 0.333 e. The molecule has 0 aliphatic rings. The smallest absolute Gasteiger partial charge is 0.333 e. The fourth-order valence-electron chi connectivity index (χ4n) is 1.55. The van der Waals surface area contributed by atoms with Gasteiger partial charge in [0, 0.05) is 0 Å². The fraction of sp³-hybridized carbons (Fsp3) is 0.500. The average molecular weight is 303 g/mol. The normalized spacial score (nSPS) is 12.2. The first-order chi connectivity index (χ1) is 9.22. The van der Waals surface area contributed by atoms with E-state index in [4.69, 9.17) is 5.11 Å². The second kappa shape index (κ2) is 6.28. The van der Waals surface area contributed by atoms with Crippen molar-refractivity contribution in [2.75, 3.05) is 5.32 Å². The molecule has 9 nitrogen and oxygen atoms in total. The van der Waals surface area contributed by atoms with Crippen molar-refractivity contribution >= 4 is 33.0 Å². The highest BCUT2D eigenvalue weighted by Crippen LogP contribution is 2.39. The van der Waals surface area contributed by atoms with Crippen molar-refractivity contribution in [3.8, 4) is 0 Å². The number of hydrogen-bond acceptors (Lipinski definition) is 7. The van der Waals surface area contributed by atoms with Crippen LogP contribution in [0.2, 0.25) is 0 Å². The molecule has 0 amide bonds. The Hall–Kier alpha value is -2.23. The van der Waals surface area contributed by atoms with Crippen molar-refractivity contribution in [1.29, 1.82) is 0 Å². The van der Waals surface area contributed by atoms with E-state index in [1.807, 2.05) is 13.8 Å². The SMILES string of the molecule is CC(C)CC(Nc1sc([N+](=O)[O-])cc1[N+](=O)[O-])C(=O)O. The van der Waals surface area contributed by atoms with Crippen LogP contribution in [0.15, 0.2) is 6.07 Å². The lowest BCUT2D eigenvalue weighted by Gasteiger charge is -2.15. The van der Waals surface area contributed by atoms with E-state index in [0.29, 0.717) is 11.3 Å². The summed E-state index contributed by atoms with van der Waals surface area (Å²) in [5.41, 5.74) is -0.489. The fourth-order valence-corrected chi connectivity index (χ4v) is 2.44. The summed E-state index contributed by atoms with van der Waals surface area (Å²) in [6, 6.07) is -0.215. The summed E-state index contributed by atoms with van der Waals surface area (Å²) in [5, 5.41) is 32.5. The van der Waals surface area contributed by atoms with Crippen LogP contribution in [-0.2, 0) is 4.79 Å². The van der Waals surface area contributed by atoms with Crippen LogP contribution in [-0.4, -0.2) is 27.0 Å². The van der Waals surface area contributed by atoms with E-state index in [2.05, 4.69) is 5.32 Å². The molecule has 0 saturated heterocycles. The summed E-state index contributed by atoms with van der Waals surface area (Å²) in [5.74, 6) is -1.11. The van der Waals surface area contributed by atoms with Crippen LogP contribution >= 0.6 is 11.3 Å². The predicted octanol–water partition coefficient (Wildman–Crippen LogP) is 2.48. The summed E-state index contributed by atoms with van der Waals surface area (Å²) in [7, 11) is 0. The van der Waals surface area contributed by atoms with Gasteiger partial charge in [-0.3, -0.25) is 20.2 Å². The van der Waals surface area contributed by atoms with E-state index in [-0.39, 0.29) is 17.3 Å². The second-order valence-corrected chi connectivity index (χ2v) is 5.51. The highest BCUT2D eigenvalue weighted by molar-refractivity contribution is 7.19. The minimum absolute atomic E-state index is 0.0533. The van der Waals surface area contributed by atoms with Gasteiger partial charge in [-0.05, 0) is 23.7 Å². The number of nitrogens with one attached hydrogen (secondary N) is 1. The number of hydrogen-bond donors (Lipinski definition) is 2. The topological polar surface area (TPSA) is 136 Å². The number of carbonyl (C=O) groups is 1. The van der Waals surface area contributed by atoms with Crippen LogP contribution in [0, 0.1) is 26.1 Å². The van der Waals surface area contributed by atoms with Crippen molar-refractivity contribution < 1.29 is 19.7 Å². The van der Waals surface area contributed by atoms with Gasteiger partial charge in [0.25, 0.3) is 0 Å². The summed E-state index contributed by atoms with van der Waals surface area (Å²) >= 11 is 0.554. The van der Waals surface area contributed by atoms with Crippen molar-refractivity contribution in [2.24, 2.45) is 5.92 Å². The Bertz CT molecular complexity index is 541. The van der Waals surface area contributed by atoms with Gasteiger partial charge in [0.15, 0.2) is 5.00 Å². The zero-order chi connectivity index (χ0) is 15.4. The lowest BCUT2D eigenvalue weighted by Crippen LogP contribution is -2.30. The van der Waals surface area contributed by atoms with Gasteiger partial charge in [-0.15, -0.1) is 0 Å². The van der Waals surface area contributed by atoms with Crippen molar-refractivity contribution in [3.05, 3.63) is 26.3 Å². The number of nitrogens with zero attached hydrogens (tertiary/aromatic N) is 2. The molecule has 0 bridgehead atoms. The first kappa shape index (κ1) is 15.8. The summed E-state index contributed by atoms with van der Waals surface area (Å²) in [4.78, 5) is 31.0. The lowest BCUT2D eigenvalue weighted by atomic mass is 10.0. The molecule has 0 aliphatic heterocycles. The molecule has 0 fully saturated rings. The summed E-state index contributed by atoms with van der Waals surface area (Å²) in [6.45, 7) is 3.62. The van der Waals surface area contributed by atoms with E-state index in [1.165, 1.54) is 0 Å². The molecule has 110 valence electrons. The first-order valence-corrected chi connectivity index (χ1v) is 6.46. The third-order valence-corrected chi connectivity index (χ3v) is 3.39. The van der Waals surface area contributed by atoms with E-state index in [0.717, 1.165) is 6.07 Å². The zero-order valence-electron chi connectivity index (χ0n) is 10.7. The average Bonchev–Trinajstić information content (AvgIpc) is 2.71. The monoisotopic (exact) mass is 303 g/mol. The van der Waals surface area contributed by atoms with Crippen molar-refractivity contribution in [3.63, 3.8) is 0 Å². The van der Waals surface area contributed by atoms with Gasteiger partial charge in [-0.1, -0.05) is 13.8 Å². The number of rotatable bonds is 7. The van der Waals surface area contributed by atoms with Crippen molar-refractivity contribution in [2.45, 2.75) is 26.3 Å². The highest BCUT2D eigenvalue weighted by Gasteiger charge is 2.28. The quantitative estimate of drug-likeness (QED) is 0.583. The Kier molecular flexibility index (Phi) is 4.97. The van der Waals surface area contributed by atoms with Crippen LogP contribution < -0.4 is 5.32 Å². The van der Waals surface area contributed by atoms with E-state index in [1.54, 1.807) is 0 Å². The van der Waals surface area contributed by atoms with Crippen molar-refractivity contribution in [1.82, 2.24) is 0 Å². The number of carboxylic acid groups (broad SMARTS) is 1. The molecule has 0 spiro atoms. The molecule has 0 saturated carbocycles. The lowest BCUT2D eigenvalue weighted by molar-refractivity contribution is -0.389.